The van der Waals surface area contributed by atoms with E-state index in [9.17, 15) is 4.79 Å². The number of hydrogen-bond acceptors (Lipinski definition) is 2. The van der Waals surface area contributed by atoms with Gasteiger partial charge in [-0.2, -0.15) is 0 Å². The Labute approximate surface area is 102 Å². The highest BCUT2D eigenvalue weighted by molar-refractivity contribution is 5.76. The second-order valence-corrected chi connectivity index (χ2v) is 5.81. The largest absolute Gasteiger partial charge is 0.462 e. The van der Waals surface area contributed by atoms with E-state index in [1.807, 2.05) is 0 Å². The Hall–Kier alpha value is -1.31. The summed E-state index contributed by atoms with van der Waals surface area (Å²) in [6, 6.07) is 8.47. The molecular weight excluding hydrogens is 212 g/mol. The van der Waals surface area contributed by atoms with Gasteiger partial charge >= 0.3 is 5.97 Å². The quantitative estimate of drug-likeness (QED) is 0.641. The molecule has 90 valence electrons. The first-order chi connectivity index (χ1) is 8.09. The molecule has 1 aromatic rings. The van der Waals surface area contributed by atoms with E-state index in [2.05, 4.69) is 38.1 Å². The molecule has 2 nitrogen and oxygen atoms in total. The summed E-state index contributed by atoms with van der Waals surface area (Å²) in [4.78, 5) is 12.0. The van der Waals surface area contributed by atoms with Gasteiger partial charge in [-0.05, 0) is 30.4 Å². The summed E-state index contributed by atoms with van der Waals surface area (Å²) >= 11 is 0. The molecule has 2 bridgehead atoms. The van der Waals surface area contributed by atoms with E-state index in [-0.39, 0.29) is 23.4 Å². The van der Waals surface area contributed by atoms with E-state index in [1.54, 1.807) is 0 Å². The van der Waals surface area contributed by atoms with Crippen LogP contribution in [-0.4, -0.2) is 12.1 Å². The maximum Gasteiger partial charge on any atom is 0.310 e. The lowest BCUT2D eigenvalue weighted by Crippen LogP contribution is -2.33. The fraction of sp³-hybridized carbons (Fsp3) is 0.533. The minimum absolute atomic E-state index is 0.00305. The van der Waals surface area contributed by atoms with Crippen molar-refractivity contribution in [3.63, 3.8) is 0 Å². The number of carbonyl (C=O) groups excluding carboxylic acids is 1. The Balaban J connectivity index is 2.04. The molecule has 0 amide bonds. The second-order valence-electron chi connectivity index (χ2n) is 5.81. The van der Waals surface area contributed by atoms with Crippen molar-refractivity contribution in [1.82, 2.24) is 0 Å². The van der Waals surface area contributed by atoms with Crippen LogP contribution in [0.5, 0.6) is 0 Å². The van der Waals surface area contributed by atoms with Crippen LogP contribution >= 0.6 is 0 Å². The minimum Gasteiger partial charge on any atom is -0.462 e. The van der Waals surface area contributed by atoms with E-state index in [0.29, 0.717) is 0 Å². The molecule has 17 heavy (non-hydrogen) atoms. The number of hydrogen-bond donors (Lipinski definition) is 0. The number of carbonyl (C=O) groups is 1. The Bertz CT molecular complexity index is 462. The summed E-state index contributed by atoms with van der Waals surface area (Å²) in [6.07, 6.45) is 2.89. The first-order valence-electron chi connectivity index (χ1n) is 6.36. The van der Waals surface area contributed by atoms with Crippen LogP contribution in [0.25, 0.3) is 0 Å². The lowest BCUT2D eigenvalue weighted by molar-refractivity contribution is -0.144. The predicted molar refractivity (Wildman–Crippen MR) is 65.6 cm³/mol. The third kappa shape index (κ3) is 1.58. The summed E-state index contributed by atoms with van der Waals surface area (Å²) in [5.74, 6) is 0.0191. The zero-order valence-corrected chi connectivity index (χ0v) is 10.4. The molecule has 1 fully saturated rings. The van der Waals surface area contributed by atoms with E-state index >= 15 is 0 Å². The highest BCUT2D eigenvalue weighted by atomic mass is 16.6. The van der Waals surface area contributed by atoms with E-state index in [1.165, 1.54) is 11.1 Å². The van der Waals surface area contributed by atoms with Crippen molar-refractivity contribution in [2.24, 2.45) is 11.3 Å². The minimum atomic E-state index is -0.0232. The van der Waals surface area contributed by atoms with Crippen LogP contribution in [-0.2, 0) is 22.4 Å². The molecule has 0 N–H and O–H groups in total. The number of fused-ring (bicyclic) bond motifs is 3. The Morgan fingerprint density at radius 3 is 2.71 bits per heavy atom. The van der Waals surface area contributed by atoms with Gasteiger partial charge in [-0.1, -0.05) is 38.1 Å². The van der Waals surface area contributed by atoms with Crippen molar-refractivity contribution < 1.29 is 9.53 Å². The van der Waals surface area contributed by atoms with E-state index in [4.69, 9.17) is 4.74 Å². The second kappa shape index (κ2) is 3.59. The topological polar surface area (TPSA) is 26.3 Å². The molecular formula is C15H18O2. The number of benzene rings is 1. The zero-order valence-electron chi connectivity index (χ0n) is 10.4. The lowest BCUT2D eigenvalue weighted by atomic mass is 9.70. The van der Waals surface area contributed by atoms with Crippen molar-refractivity contribution in [3.8, 4) is 0 Å². The van der Waals surface area contributed by atoms with Crippen LogP contribution in [0.3, 0.4) is 0 Å². The third-order valence-corrected chi connectivity index (χ3v) is 4.49. The lowest BCUT2D eigenvalue weighted by Gasteiger charge is -2.31. The third-order valence-electron chi connectivity index (χ3n) is 4.49. The molecule has 2 heteroatoms. The zero-order chi connectivity index (χ0) is 12.0. The maximum atomic E-state index is 12.0. The van der Waals surface area contributed by atoms with E-state index in [0.717, 1.165) is 19.3 Å². The monoisotopic (exact) mass is 230 g/mol. The molecule has 1 aliphatic carbocycles. The number of ether oxygens (including phenoxy) is 1. The molecule has 2 atom stereocenters. The molecule has 0 saturated carbocycles. The molecule has 1 aromatic carbocycles. The van der Waals surface area contributed by atoms with Crippen LogP contribution < -0.4 is 0 Å². The van der Waals surface area contributed by atoms with Gasteiger partial charge in [-0.15, -0.1) is 0 Å². The molecule has 1 heterocycles. The van der Waals surface area contributed by atoms with Crippen molar-refractivity contribution >= 4 is 5.97 Å². The van der Waals surface area contributed by atoms with Gasteiger partial charge in [0.05, 0.1) is 5.92 Å². The fourth-order valence-corrected chi connectivity index (χ4v) is 3.19. The first kappa shape index (κ1) is 10.8. The van der Waals surface area contributed by atoms with Crippen molar-refractivity contribution in [2.75, 3.05) is 0 Å². The summed E-state index contributed by atoms with van der Waals surface area (Å²) in [5.41, 5.74) is 2.68. The maximum absolute atomic E-state index is 12.0. The van der Waals surface area contributed by atoms with Gasteiger partial charge in [-0.3, -0.25) is 4.79 Å². The van der Waals surface area contributed by atoms with Gasteiger partial charge in [0.25, 0.3) is 0 Å². The molecule has 0 unspecified atom stereocenters. The summed E-state index contributed by atoms with van der Waals surface area (Å²) < 4.78 is 5.55. The SMILES string of the molecule is CC1(C)[C@@H]2Cc3ccccc3CC[C@H]1OC2=O. The molecule has 0 radical (unpaired) electrons. The predicted octanol–water partition coefficient (Wildman–Crippen LogP) is 2.74. The van der Waals surface area contributed by atoms with Crippen LogP contribution in [0.1, 0.15) is 31.4 Å². The molecule has 0 spiro atoms. The normalized spacial score (nSPS) is 30.1. The average Bonchev–Trinajstić information content (AvgIpc) is 2.54. The number of rotatable bonds is 0. The van der Waals surface area contributed by atoms with Gasteiger partial charge < -0.3 is 4.74 Å². The van der Waals surface area contributed by atoms with Crippen molar-refractivity contribution in [1.29, 1.82) is 0 Å². The number of esters is 1. The Morgan fingerprint density at radius 1 is 1.24 bits per heavy atom. The van der Waals surface area contributed by atoms with Crippen LogP contribution in [0.2, 0.25) is 0 Å². The van der Waals surface area contributed by atoms with Gasteiger partial charge in [0.15, 0.2) is 0 Å². The molecule has 1 saturated heterocycles. The van der Waals surface area contributed by atoms with Crippen molar-refractivity contribution in [3.05, 3.63) is 35.4 Å². The first-order valence-corrected chi connectivity index (χ1v) is 6.36. The van der Waals surface area contributed by atoms with Gasteiger partial charge in [0.1, 0.15) is 6.10 Å². The van der Waals surface area contributed by atoms with Gasteiger partial charge in [0.2, 0.25) is 0 Å². The average molecular weight is 230 g/mol. The van der Waals surface area contributed by atoms with Crippen molar-refractivity contribution in [2.45, 2.75) is 39.2 Å². The highest BCUT2D eigenvalue weighted by Gasteiger charge is 2.51. The standard InChI is InChI=1S/C15H18O2/c1-15(2)12-9-11-6-4-3-5-10(11)7-8-13(15)17-14(12)16/h3-6,12-13H,7-9H2,1-2H3/t12-,13-/m1/s1. The highest BCUT2D eigenvalue weighted by Crippen LogP contribution is 2.45. The van der Waals surface area contributed by atoms with Gasteiger partial charge in [-0.25, -0.2) is 0 Å². The fourth-order valence-electron chi connectivity index (χ4n) is 3.19. The summed E-state index contributed by atoms with van der Waals surface area (Å²) in [5, 5.41) is 0. The van der Waals surface area contributed by atoms with Crippen LogP contribution in [0, 0.1) is 11.3 Å². The summed E-state index contributed by atoms with van der Waals surface area (Å²) in [7, 11) is 0. The smallest absolute Gasteiger partial charge is 0.310 e. The van der Waals surface area contributed by atoms with E-state index < -0.39 is 0 Å². The Kier molecular flexibility index (Phi) is 2.29. The molecule has 0 aromatic heterocycles. The Morgan fingerprint density at radius 2 is 1.94 bits per heavy atom. The molecule has 1 aliphatic heterocycles. The summed E-state index contributed by atoms with van der Waals surface area (Å²) in [6.45, 7) is 4.34. The van der Waals surface area contributed by atoms with Crippen LogP contribution in [0.4, 0.5) is 0 Å². The molecule has 2 aliphatic rings. The number of aryl methyl sites for hydroxylation is 1. The molecule has 3 rings (SSSR count). The van der Waals surface area contributed by atoms with Gasteiger partial charge in [0, 0.05) is 5.41 Å². The van der Waals surface area contributed by atoms with Crippen LogP contribution in [0.15, 0.2) is 24.3 Å².